The Morgan fingerprint density at radius 1 is 1.30 bits per heavy atom. The minimum atomic E-state index is -0.933. The SMILES string of the molecule is CCOC(=O)NC(=O)C(C=Nc1ccc(Cl)c(Cl)c1Cl)=C(C)O. The van der Waals surface area contributed by atoms with Crippen LogP contribution in [-0.2, 0) is 9.53 Å². The second-order valence-corrected chi connectivity index (χ2v) is 5.29. The number of carbonyl (C=O) groups excluding carboxylic acids is 2. The number of hydrogen-bond donors (Lipinski definition) is 2. The summed E-state index contributed by atoms with van der Waals surface area (Å²) < 4.78 is 4.58. The molecule has 0 aliphatic heterocycles. The number of nitrogens with one attached hydrogen (secondary N) is 1. The predicted octanol–water partition coefficient (Wildman–Crippen LogP) is 4.45. The van der Waals surface area contributed by atoms with Crippen molar-refractivity contribution in [3.63, 3.8) is 0 Å². The quantitative estimate of drug-likeness (QED) is 0.350. The molecule has 0 radical (unpaired) electrons. The molecule has 124 valence electrons. The molecule has 0 aromatic heterocycles. The number of ether oxygens (including phenoxy) is 1. The normalized spacial score (nSPS) is 12.0. The van der Waals surface area contributed by atoms with E-state index in [9.17, 15) is 14.7 Å². The van der Waals surface area contributed by atoms with Crippen LogP contribution >= 0.6 is 34.8 Å². The zero-order valence-corrected chi connectivity index (χ0v) is 14.5. The minimum Gasteiger partial charge on any atom is -0.512 e. The van der Waals surface area contributed by atoms with Gasteiger partial charge in [0.2, 0.25) is 0 Å². The third-order valence-corrected chi connectivity index (χ3v) is 3.76. The number of hydrogen-bond acceptors (Lipinski definition) is 5. The first-order valence-electron chi connectivity index (χ1n) is 6.33. The van der Waals surface area contributed by atoms with Gasteiger partial charge in [0.1, 0.15) is 5.76 Å². The van der Waals surface area contributed by atoms with Gasteiger partial charge in [0, 0.05) is 6.21 Å². The van der Waals surface area contributed by atoms with Crippen LogP contribution in [0.5, 0.6) is 0 Å². The molecular formula is C14H13Cl3N2O4. The van der Waals surface area contributed by atoms with Crippen LogP contribution in [0, 0.1) is 0 Å². The lowest BCUT2D eigenvalue weighted by Gasteiger charge is -2.06. The van der Waals surface area contributed by atoms with Crippen molar-refractivity contribution in [3.8, 4) is 0 Å². The number of nitrogens with zero attached hydrogens (tertiary/aromatic N) is 1. The van der Waals surface area contributed by atoms with Crippen LogP contribution in [0.2, 0.25) is 15.1 Å². The fourth-order valence-corrected chi connectivity index (χ4v) is 1.97. The van der Waals surface area contributed by atoms with Crippen LogP contribution in [0.4, 0.5) is 10.5 Å². The molecule has 23 heavy (non-hydrogen) atoms. The number of amides is 2. The van der Waals surface area contributed by atoms with E-state index in [-0.39, 0.29) is 38.7 Å². The van der Waals surface area contributed by atoms with E-state index in [0.29, 0.717) is 0 Å². The first-order chi connectivity index (χ1) is 10.8. The van der Waals surface area contributed by atoms with Crippen LogP contribution in [0.1, 0.15) is 13.8 Å². The van der Waals surface area contributed by atoms with Gasteiger partial charge in [-0.1, -0.05) is 34.8 Å². The second-order valence-electron chi connectivity index (χ2n) is 4.13. The standard InChI is InChI=1S/C14H13Cl3N2O4/c1-3-23-14(22)19-13(21)8(7(2)20)6-18-10-5-4-9(15)11(16)12(10)17/h4-6,20H,3H2,1-2H3,(H,19,21,22). The summed E-state index contributed by atoms with van der Waals surface area (Å²) in [6, 6.07) is 2.97. The predicted molar refractivity (Wildman–Crippen MR) is 90.1 cm³/mol. The van der Waals surface area contributed by atoms with Gasteiger partial charge in [0.05, 0.1) is 32.9 Å². The maximum Gasteiger partial charge on any atom is 0.414 e. The van der Waals surface area contributed by atoms with Crippen molar-refractivity contribution >= 4 is 58.7 Å². The summed E-state index contributed by atoms with van der Waals surface area (Å²) in [5.41, 5.74) is 0.00365. The highest BCUT2D eigenvalue weighted by atomic mass is 35.5. The van der Waals surface area contributed by atoms with Gasteiger partial charge in [-0.15, -0.1) is 0 Å². The van der Waals surface area contributed by atoms with Crippen molar-refractivity contribution in [2.45, 2.75) is 13.8 Å². The Hall–Kier alpha value is -1.76. The molecule has 6 nitrogen and oxygen atoms in total. The maximum atomic E-state index is 11.9. The summed E-state index contributed by atoms with van der Waals surface area (Å²) in [6.07, 6.45) is 0.118. The van der Waals surface area contributed by atoms with E-state index in [1.165, 1.54) is 19.1 Å². The molecular weight excluding hydrogens is 367 g/mol. The Morgan fingerprint density at radius 2 is 1.96 bits per heavy atom. The van der Waals surface area contributed by atoms with Crippen molar-refractivity contribution in [1.29, 1.82) is 0 Å². The highest BCUT2D eigenvalue weighted by Crippen LogP contribution is 2.37. The number of aliphatic hydroxyl groups is 1. The fourth-order valence-electron chi connectivity index (χ4n) is 1.39. The van der Waals surface area contributed by atoms with Crippen LogP contribution in [0.15, 0.2) is 28.5 Å². The second kappa shape index (κ2) is 8.76. The Bertz CT molecular complexity index is 683. The summed E-state index contributed by atoms with van der Waals surface area (Å²) in [4.78, 5) is 27.1. The third kappa shape index (κ3) is 5.42. The maximum absolute atomic E-state index is 11.9. The third-order valence-electron chi connectivity index (χ3n) is 2.47. The van der Waals surface area contributed by atoms with Gasteiger partial charge in [-0.05, 0) is 26.0 Å². The summed E-state index contributed by atoms with van der Waals surface area (Å²) in [5, 5.41) is 12.0. The van der Waals surface area contributed by atoms with Gasteiger partial charge in [0.15, 0.2) is 0 Å². The monoisotopic (exact) mass is 378 g/mol. The first kappa shape index (κ1) is 19.3. The van der Waals surface area contributed by atoms with Gasteiger partial charge < -0.3 is 9.84 Å². The molecule has 1 aromatic rings. The summed E-state index contributed by atoms with van der Waals surface area (Å²) >= 11 is 17.7. The summed E-state index contributed by atoms with van der Waals surface area (Å²) in [6.45, 7) is 2.96. The molecule has 1 rings (SSSR count). The molecule has 0 atom stereocenters. The topological polar surface area (TPSA) is 88.0 Å². The Kier molecular flexibility index (Phi) is 7.35. The molecule has 0 aliphatic rings. The zero-order chi connectivity index (χ0) is 17.6. The van der Waals surface area contributed by atoms with Gasteiger partial charge in [-0.25, -0.2) is 4.79 Å². The largest absolute Gasteiger partial charge is 0.512 e. The van der Waals surface area contributed by atoms with E-state index in [2.05, 4.69) is 9.73 Å². The number of allylic oxidation sites excluding steroid dienone is 1. The molecule has 2 amide bonds. The van der Waals surface area contributed by atoms with E-state index >= 15 is 0 Å². The summed E-state index contributed by atoms with van der Waals surface area (Å²) in [5.74, 6) is -1.21. The van der Waals surface area contributed by atoms with Gasteiger partial charge in [0.25, 0.3) is 5.91 Å². The van der Waals surface area contributed by atoms with Crippen molar-refractivity contribution in [1.82, 2.24) is 5.32 Å². The van der Waals surface area contributed by atoms with Crippen LogP contribution < -0.4 is 5.32 Å². The van der Waals surface area contributed by atoms with Gasteiger partial charge in [-0.3, -0.25) is 15.1 Å². The number of rotatable bonds is 4. The van der Waals surface area contributed by atoms with Crippen molar-refractivity contribution in [2.24, 2.45) is 4.99 Å². The minimum absolute atomic E-state index is 0.0937. The van der Waals surface area contributed by atoms with Gasteiger partial charge in [-0.2, -0.15) is 0 Å². The smallest absolute Gasteiger partial charge is 0.414 e. The van der Waals surface area contributed by atoms with E-state index in [0.717, 1.165) is 6.21 Å². The zero-order valence-electron chi connectivity index (χ0n) is 12.2. The van der Waals surface area contributed by atoms with E-state index in [1.54, 1.807) is 6.92 Å². The average Bonchev–Trinajstić information content (AvgIpc) is 2.47. The van der Waals surface area contributed by atoms with E-state index < -0.39 is 12.0 Å². The van der Waals surface area contributed by atoms with Crippen LogP contribution in [0.25, 0.3) is 0 Å². The van der Waals surface area contributed by atoms with Crippen molar-refractivity contribution < 1.29 is 19.4 Å². The number of alkyl carbamates (subject to hydrolysis) is 1. The molecule has 9 heteroatoms. The summed E-state index contributed by atoms with van der Waals surface area (Å²) in [7, 11) is 0. The number of aliphatic imine (C=N–C) groups is 1. The Labute approximate surface area is 147 Å². The molecule has 0 spiro atoms. The highest BCUT2D eigenvalue weighted by Gasteiger charge is 2.15. The average molecular weight is 380 g/mol. The van der Waals surface area contributed by atoms with Crippen molar-refractivity contribution in [3.05, 3.63) is 38.5 Å². The van der Waals surface area contributed by atoms with E-state index in [4.69, 9.17) is 34.8 Å². The number of halogens is 3. The van der Waals surface area contributed by atoms with Crippen LogP contribution in [-0.4, -0.2) is 29.9 Å². The molecule has 0 unspecified atom stereocenters. The molecule has 0 saturated carbocycles. The molecule has 0 aliphatic carbocycles. The van der Waals surface area contributed by atoms with Gasteiger partial charge >= 0.3 is 6.09 Å². The lowest BCUT2D eigenvalue weighted by atomic mass is 10.2. The van der Waals surface area contributed by atoms with E-state index in [1.807, 2.05) is 5.32 Å². The molecule has 0 bridgehead atoms. The first-order valence-corrected chi connectivity index (χ1v) is 7.46. The number of carbonyl (C=O) groups is 2. The molecule has 1 aromatic carbocycles. The number of benzene rings is 1. The highest BCUT2D eigenvalue weighted by molar-refractivity contribution is 6.49. The Balaban J connectivity index is 3.02. The lowest BCUT2D eigenvalue weighted by Crippen LogP contribution is -2.33. The van der Waals surface area contributed by atoms with Crippen molar-refractivity contribution in [2.75, 3.05) is 6.61 Å². The Morgan fingerprint density at radius 3 is 2.52 bits per heavy atom. The number of imide groups is 1. The fraction of sp³-hybridized carbons (Fsp3) is 0.214. The lowest BCUT2D eigenvalue weighted by molar-refractivity contribution is -0.116. The number of aliphatic hydroxyl groups excluding tert-OH is 1. The molecule has 0 saturated heterocycles. The molecule has 0 heterocycles. The molecule has 2 N–H and O–H groups in total. The molecule has 0 fully saturated rings. The van der Waals surface area contributed by atoms with Crippen LogP contribution in [0.3, 0.4) is 0 Å².